The Hall–Kier alpha value is -3.06. The first-order valence-electron chi connectivity index (χ1n) is 10.9. The summed E-state index contributed by atoms with van der Waals surface area (Å²) in [5.41, 5.74) is 14.2. The Bertz CT molecular complexity index is 1150. The fraction of sp³-hybridized carbons (Fsp3) is 0.241. The van der Waals surface area contributed by atoms with Crippen LogP contribution in [0.25, 0.3) is 11.1 Å². The quantitative estimate of drug-likeness (QED) is 0.510. The molecule has 0 N–H and O–H groups in total. The molecule has 0 aromatic heterocycles. The van der Waals surface area contributed by atoms with Gasteiger partial charge >= 0.3 is 0 Å². The van der Waals surface area contributed by atoms with E-state index in [9.17, 15) is 0 Å². The van der Waals surface area contributed by atoms with Crippen molar-refractivity contribution in [2.75, 3.05) is 14.1 Å². The number of hydrogen-bond donors (Lipinski definition) is 0. The molecule has 0 fully saturated rings. The summed E-state index contributed by atoms with van der Waals surface area (Å²) in [5.74, 6) is 0. The molecule has 2 aromatic carbocycles. The van der Waals surface area contributed by atoms with E-state index in [0.717, 1.165) is 12.8 Å². The molecule has 1 spiro atoms. The summed E-state index contributed by atoms with van der Waals surface area (Å²) in [7, 11) is 4.39. The maximum Gasteiger partial charge on any atom is 0.0739 e. The summed E-state index contributed by atoms with van der Waals surface area (Å²) in [6.45, 7) is 8.57. The Morgan fingerprint density at radius 3 is 2.13 bits per heavy atom. The van der Waals surface area contributed by atoms with E-state index >= 15 is 0 Å². The second-order valence-electron chi connectivity index (χ2n) is 8.74. The highest BCUT2D eigenvalue weighted by molar-refractivity contribution is 5.91. The number of nitrogens with zero attached hydrogens (tertiary/aromatic N) is 1. The molecule has 0 radical (unpaired) electrons. The van der Waals surface area contributed by atoms with E-state index < -0.39 is 0 Å². The van der Waals surface area contributed by atoms with Crippen molar-refractivity contribution >= 4 is 0 Å². The van der Waals surface area contributed by atoms with Gasteiger partial charge in [-0.1, -0.05) is 80.3 Å². The smallest absolute Gasteiger partial charge is 0.0739 e. The third-order valence-electron chi connectivity index (χ3n) is 7.01. The molecular weight excluding hydrogens is 362 g/mol. The zero-order valence-electron chi connectivity index (χ0n) is 18.4. The van der Waals surface area contributed by atoms with Crippen molar-refractivity contribution in [2.45, 2.75) is 32.1 Å². The predicted molar refractivity (Wildman–Crippen MR) is 127 cm³/mol. The van der Waals surface area contributed by atoms with E-state index in [-0.39, 0.29) is 5.41 Å². The summed E-state index contributed by atoms with van der Waals surface area (Å²) in [6, 6.07) is 18.0. The number of benzene rings is 2. The maximum atomic E-state index is 3.96. The lowest BCUT2D eigenvalue weighted by Gasteiger charge is -2.36. The van der Waals surface area contributed by atoms with E-state index in [1.807, 2.05) is 6.08 Å². The van der Waals surface area contributed by atoms with Gasteiger partial charge in [0, 0.05) is 19.8 Å². The number of likely N-dealkylation sites (N-methyl/N-ethyl adjacent to an activating group) is 1. The van der Waals surface area contributed by atoms with Crippen molar-refractivity contribution in [3.05, 3.63) is 118 Å². The van der Waals surface area contributed by atoms with Gasteiger partial charge in [-0.3, -0.25) is 0 Å². The van der Waals surface area contributed by atoms with Gasteiger partial charge in [-0.2, -0.15) is 0 Å². The van der Waals surface area contributed by atoms with Gasteiger partial charge in [-0.15, -0.1) is 0 Å². The highest BCUT2D eigenvalue weighted by Crippen LogP contribution is 2.65. The SMILES string of the molecule is C=C/C=C\C1=C(CC)C2=C(C(N(C)C)=C(C)C2)C12c1ccccc1-c1ccccc12. The molecule has 0 atom stereocenters. The van der Waals surface area contributed by atoms with Gasteiger partial charge < -0.3 is 4.90 Å². The second-order valence-corrected chi connectivity index (χ2v) is 8.74. The van der Waals surface area contributed by atoms with Gasteiger partial charge in [0.2, 0.25) is 0 Å². The fourth-order valence-corrected chi connectivity index (χ4v) is 6.17. The maximum absolute atomic E-state index is 3.96. The number of fused-ring (bicyclic) bond motifs is 6. The van der Waals surface area contributed by atoms with Crippen LogP contribution in [0.5, 0.6) is 0 Å². The van der Waals surface area contributed by atoms with Gasteiger partial charge in [-0.25, -0.2) is 0 Å². The second kappa shape index (κ2) is 6.74. The third kappa shape index (κ3) is 2.18. The summed E-state index contributed by atoms with van der Waals surface area (Å²) < 4.78 is 0. The molecule has 3 aliphatic rings. The van der Waals surface area contributed by atoms with Crippen LogP contribution in [-0.2, 0) is 5.41 Å². The lowest BCUT2D eigenvalue weighted by Crippen LogP contribution is -2.32. The Labute approximate surface area is 180 Å². The molecule has 30 heavy (non-hydrogen) atoms. The summed E-state index contributed by atoms with van der Waals surface area (Å²) in [4.78, 5) is 2.33. The minimum Gasteiger partial charge on any atom is -0.377 e. The number of rotatable bonds is 4. The predicted octanol–water partition coefficient (Wildman–Crippen LogP) is 6.95. The molecule has 0 heterocycles. The van der Waals surface area contributed by atoms with Gasteiger partial charge in [0.1, 0.15) is 0 Å². The lowest BCUT2D eigenvalue weighted by atomic mass is 9.67. The Balaban J connectivity index is 1.97. The Morgan fingerprint density at radius 1 is 1.00 bits per heavy atom. The molecule has 0 bridgehead atoms. The van der Waals surface area contributed by atoms with Crippen LogP contribution in [0.15, 0.2) is 107 Å². The molecule has 150 valence electrons. The van der Waals surface area contributed by atoms with Gasteiger partial charge in [0.15, 0.2) is 0 Å². The molecular formula is C29H29N. The van der Waals surface area contributed by atoms with Gasteiger partial charge in [0.25, 0.3) is 0 Å². The average Bonchev–Trinajstić information content (AvgIpc) is 3.33. The Kier molecular flexibility index (Phi) is 4.25. The molecule has 3 aliphatic carbocycles. The zero-order chi connectivity index (χ0) is 21.0. The topological polar surface area (TPSA) is 3.24 Å². The van der Waals surface area contributed by atoms with E-state index in [1.54, 1.807) is 0 Å². The number of allylic oxidation sites excluding steroid dienone is 8. The third-order valence-corrected chi connectivity index (χ3v) is 7.01. The lowest BCUT2D eigenvalue weighted by molar-refractivity contribution is 0.502. The summed E-state index contributed by atoms with van der Waals surface area (Å²) in [5, 5.41) is 0. The average molecular weight is 392 g/mol. The van der Waals surface area contributed by atoms with Crippen LogP contribution in [0.2, 0.25) is 0 Å². The minimum absolute atomic E-state index is 0.245. The molecule has 0 unspecified atom stereocenters. The van der Waals surface area contributed by atoms with Crippen LogP contribution in [0.3, 0.4) is 0 Å². The zero-order valence-corrected chi connectivity index (χ0v) is 18.4. The highest BCUT2D eigenvalue weighted by Gasteiger charge is 2.55. The van der Waals surface area contributed by atoms with Gasteiger partial charge in [0.05, 0.1) is 5.41 Å². The molecule has 0 saturated heterocycles. The summed E-state index contributed by atoms with van der Waals surface area (Å²) in [6.07, 6.45) is 8.42. The largest absolute Gasteiger partial charge is 0.377 e. The first kappa shape index (κ1) is 18.9. The monoisotopic (exact) mass is 391 g/mol. The first-order chi connectivity index (χ1) is 14.6. The van der Waals surface area contributed by atoms with Crippen LogP contribution in [0, 0.1) is 0 Å². The van der Waals surface area contributed by atoms with Crippen molar-refractivity contribution in [3.8, 4) is 11.1 Å². The normalized spacial score (nSPS) is 18.5. The highest BCUT2D eigenvalue weighted by atomic mass is 15.1. The first-order valence-corrected chi connectivity index (χ1v) is 10.9. The number of hydrogen-bond acceptors (Lipinski definition) is 1. The van der Waals surface area contributed by atoms with Crippen LogP contribution in [0.1, 0.15) is 37.8 Å². The van der Waals surface area contributed by atoms with E-state index in [0.29, 0.717) is 0 Å². The molecule has 2 aromatic rings. The molecule has 0 aliphatic heterocycles. The standard InChI is InChI=1S/C29H29N/c1-6-8-15-24-20(7-2)23-18-19(3)28(30(4)5)27(23)29(24)25-16-11-9-13-21(25)22-14-10-12-17-26(22)29/h6,8-17H,1,7,18H2,2-5H3/b15-8-. The molecule has 0 amide bonds. The van der Waals surface area contributed by atoms with Crippen LogP contribution in [-0.4, -0.2) is 19.0 Å². The van der Waals surface area contributed by atoms with Crippen molar-refractivity contribution in [3.63, 3.8) is 0 Å². The van der Waals surface area contributed by atoms with E-state index in [2.05, 4.69) is 100 Å². The minimum atomic E-state index is -0.245. The van der Waals surface area contributed by atoms with Crippen molar-refractivity contribution in [2.24, 2.45) is 0 Å². The molecule has 1 nitrogen and oxygen atoms in total. The van der Waals surface area contributed by atoms with Crippen molar-refractivity contribution in [1.82, 2.24) is 4.90 Å². The fourth-order valence-electron chi connectivity index (χ4n) is 6.17. The van der Waals surface area contributed by atoms with Crippen LogP contribution < -0.4 is 0 Å². The van der Waals surface area contributed by atoms with Crippen molar-refractivity contribution in [1.29, 1.82) is 0 Å². The van der Waals surface area contributed by atoms with Crippen LogP contribution in [0.4, 0.5) is 0 Å². The van der Waals surface area contributed by atoms with Crippen LogP contribution >= 0.6 is 0 Å². The summed E-state index contributed by atoms with van der Waals surface area (Å²) >= 11 is 0. The Morgan fingerprint density at radius 2 is 1.60 bits per heavy atom. The molecule has 0 saturated carbocycles. The van der Waals surface area contributed by atoms with Gasteiger partial charge in [-0.05, 0) is 69.9 Å². The molecule has 1 heteroatoms. The van der Waals surface area contributed by atoms with E-state index in [1.165, 1.54) is 55.8 Å². The molecule has 5 rings (SSSR count). The van der Waals surface area contributed by atoms with Crippen molar-refractivity contribution < 1.29 is 0 Å². The van der Waals surface area contributed by atoms with E-state index in [4.69, 9.17) is 0 Å².